The Bertz CT molecular complexity index is 159. The van der Waals surface area contributed by atoms with Crippen LogP contribution in [0.2, 0.25) is 0 Å². The van der Waals surface area contributed by atoms with E-state index in [0.29, 0.717) is 6.61 Å². The molecule has 0 amide bonds. The first-order chi connectivity index (χ1) is 6.10. The van der Waals surface area contributed by atoms with E-state index in [1.165, 1.54) is 0 Å². The van der Waals surface area contributed by atoms with Crippen LogP contribution in [0.15, 0.2) is 0 Å². The molecule has 0 radical (unpaired) electrons. The SMILES string of the molecule is CCCNC(C)(CC)C(=O)OCC. The van der Waals surface area contributed by atoms with Gasteiger partial charge in [0.2, 0.25) is 0 Å². The number of rotatable bonds is 6. The van der Waals surface area contributed by atoms with Crippen molar-refractivity contribution in [1.82, 2.24) is 5.32 Å². The van der Waals surface area contributed by atoms with Gasteiger partial charge in [0.25, 0.3) is 0 Å². The lowest BCUT2D eigenvalue weighted by atomic mass is 9.99. The summed E-state index contributed by atoms with van der Waals surface area (Å²) in [6, 6.07) is 0. The molecule has 0 aromatic rings. The van der Waals surface area contributed by atoms with Crippen molar-refractivity contribution in [3.63, 3.8) is 0 Å². The van der Waals surface area contributed by atoms with Gasteiger partial charge in [-0.05, 0) is 33.2 Å². The summed E-state index contributed by atoms with van der Waals surface area (Å²) in [5.41, 5.74) is -0.508. The van der Waals surface area contributed by atoms with Crippen molar-refractivity contribution in [1.29, 1.82) is 0 Å². The maximum absolute atomic E-state index is 11.5. The molecule has 1 atom stereocenters. The second-order valence-corrected chi connectivity index (χ2v) is 3.33. The molecule has 0 aliphatic heterocycles. The van der Waals surface area contributed by atoms with Crippen LogP contribution in [0, 0.1) is 0 Å². The van der Waals surface area contributed by atoms with Gasteiger partial charge in [-0.15, -0.1) is 0 Å². The highest BCUT2D eigenvalue weighted by Gasteiger charge is 2.31. The van der Waals surface area contributed by atoms with E-state index in [-0.39, 0.29) is 5.97 Å². The highest BCUT2D eigenvalue weighted by Crippen LogP contribution is 2.11. The summed E-state index contributed by atoms with van der Waals surface area (Å²) in [5.74, 6) is -0.147. The van der Waals surface area contributed by atoms with Gasteiger partial charge in [-0.2, -0.15) is 0 Å². The molecule has 0 fully saturated rings. The normalized spacial score (nSPS) is 15.1. The van der Waals surface area contributed by atoms with Crippen LogP contribution in [0.3, 0.4) is 0 Å². The van der Waals surface area contributed by atoms with Crippen LogP contribution in [-0.4, -0.2) is 24.7 Å². The number of carbonyl (C=O) groups excluding carboxylic acids is 1. The number of hydrogen-bond acceptors (Lipinski definition) is 3. The summed E-state index contributed by atoms with van der Waals surface area (Å²) < 4.78 is 4.99. The van der Waals surface area contributed by atoms with Crippen LogP contribution in [0.5, 0.6) is 0 Å². The van der Waals surface area contributed by atoms with Gasteiger partial charge in [-0.1, -0.05) is 13.8 Å². The van der Waals surface area contributed by atoms with Crippen LogP contribution >= 0.6 is 0 Å². The summed E-state index contributed by atoms with van der Waals surface area (Å²) in [6.45, 7) is 9.08. The lowest BCUT2D eigenvalue weighted by Gasteiger charge is -2.26. The molecule has 0 aromatic heterocycles. The predicted octanol–water partition coefficient (Wildman–Crippen LogP) is 1.72. The maximum atomic E-state index is 11.5. The van der Waals surface area contributed by atoms with E-state index in [1.54, 1.807) is 0 Å². The topological polar surface area (TPSA) is 38.3 Å². The molecule has 3 heteroatoms. The Balaban J connectivity index is 4.16. The van der Waals surface area contributed by atoms with Crippen molar-refractivity contribution in [2.45, 2.75) is 46.1 Å². The minimum atomic E-state index is -0.508. The fourth-order valence-electron chi connectivity index (χ4n) is 1.03. The van der Waals surface area contributed by atoms with Crippen molar-refractivity contribution in [2.75, 3.05) is 13.2 Å². The Kier molecular flexibility index (Phi) is 5.71. The van der Waals surface area contributed by atoms with Crippen molar-refractivity contribution < 1.29 is 9.53 Å². The monoisotopic (exact) mass is 187 g/mol. The van der Waals surface area contributed by atoms with Crippen LogP contribution in [0.4, 0.5) is 0 Å². The molecule has 0 saturated carbocycles. The molecule has 0 bridgehead atoms. The lowest BCUT2D eigenvalue weighted by molar-refractivity contribution is -0.150. The summed E-state index contributed by atoms with van der Waals surface area (Å²) in [4.78, 5) is 11.5. The lowest BCUT2D eigenvalue weighted by Crippen LogP contribution is -2.50. The van der Waals surface area contributed by atoms with Gasteiger partial charge < -0.3 is 10.1 Å². The van der Waals surface area contributed by atoms with Crippen LogP contribution < -0.4 is 5.32 Å². The minimum Gasteiger partial charge on any atom is -0.465 e. The number of nitrogens with one attached hydrogen (secondary N) is 1. The number of carbonyl (C=O) groups is 1. The molecule has 0 spiro atoms. The van der Waals surface area contributed by atoms with Crippen LogP contribution in [0.25, 0.3) is 0 Å². The van der Waals surface area contributed by atoms with Gasteiger partial charge in [0.1, 0.15) is 5.54 Å². The molecule has 78 valence electrons. The predicted molar refractivity (Wildman–Crippen MR) is 53.6 cm³/mol. The Morgan fingerprint density at radius 3 is 2.38 bits per heavy atom. The summed E-state index contributed by atoms with van der Waals surface area (Å²) >= 11 is 0. The highest BCUT2D eigenvalue weighted by atomic mass is 16.5. The molecule has 0 aromatic carbocycles. The molecule has 1 unspecified atom stereocenters. The van der Waals surface area contributed by atoms with Crippen LogP contribution in [-0.2, 0) is 9.53 Å². The summed E-state index contributed by atoms with van der Waals surface area (Å²) in [6.07, 6.45) is 1.78. The molecule has 0 aliphatic rings. The van der Waals surface area contributed by atoms with E-state index in [4.69, 9.17) is 4.74 Å². The van der Waals surface area contributed by atoms with E-state index in [0.717, 1.165) is 19.4 Å². The highest BCUT2D eigenvalue weighted by molar-refractivity contribution is 5.80. The molecule has 0 saturated heterocycles. The molecule has 3 nitrogen and oxygen atoms in total. The Labute approximate surface area is 80.8 Å². The van der Waals surface area contributed by atoms with E-state index < -0.39 is 5.54 Å². The van der Waals surface area contributed by atoms with Crippen molar-refractivity contribution in [2.24, 2.45) is 0 Å². The fourth-order valence-corrected chi connectivity index (χ4v) is 1.03. The molecule has 0 rings (SSSR count). The van der Waals surface area contributed by atoms with Gasteiger partial charge in [0.15, 0.2) is 0 Å². The molecule has 1 N–H and O–H groups in total. The standard InChI is InChI=1S/C10H21NO2/c1-5-8-11-10(4,6-2)9(12)13-7-3/h11H,5-8H2,1-4H3. The third-order valence-electron chi connectivity index (χ3n) is 2.20. The molecule has 13 heavy (non-hydrogen) atoms. The largest absolute Gasteiger partial charge is 0.465 e. The zero-order valence-corrected chi connectivity index (χ0v) is 9.14. The maximum Gasteiger partial charge on any atom is 0.326 e. The third kappa shape index (κ3) is 3.77. The first kappa shape index (κ1) is 12.4. The second kappa shape index (κ2) is 5.97. The average Bonchev–Trinajstić information content (AvgIpc) is 2.14. The summed E-state index contributed by atoms with van der Waals surface area (Å²) in [7, 11) is 0. The number of esters is 1. The van der Waals surface area contributed by atoms with Gasteiger partial charge in [0, 0.05) is 0 Å². The average molecular weight is 187 g/mol. The van der Waals surface area contributed by atoms with Crippen LogP contribution in [0.1, 0.15) is 40.5 Å². The summed E-state index contributed by atoms with van der Waals surface area (Å²) in [5, 5.41) is 3.21. The van der Waals surface area contributed by atoms with Crippen molar-refractivity contribution >= 4 is 5.97 Å². The number of hydrogen-bond donors (Lipinski definition) is 1. The van der Waals surface area contributed by atoms with E-state index in [2.05, 4.69) is 12.2 Å². The van der Waals surface area contributed by atoms with Gasteiger partial charge in [-0.25, -0.2) is 0 Å². The second-order valence-electron chi connectivity index (χ2n) is 3.33. The molecule has 0 heterocycles. The van der Waals surface area contributed by atoms with Crippen molar-refractivity contribution in [3.05, 3.63) is 0 Å². The molecule has 0 aliphatic carbocycles. The van der Waals surface area contributed by atoms with Gasteiger partial charge >= 0.3 is 5.97 Å². The molecular formula is C10H21NO2. The van der Waals surface area contributed by atoms with E-state index >= 15 is 0 Å². The smallest absolute Gasteiger partial charge is 0.326 e. The Morgan fingerprint density at radius 2 is 2.00 bits per heavy atom. The first-order valence-electron chi connectivity index (χ1n) is 5.03. The van der Waals surface area contributed by atoms with Gasteiger partial charge in [-0.3, -0.25) is 4.79 Å². The zero-order valence-electron chi connectivity index (χ0n) is 9.14. The van der Waals surface area contributed by atoms with Gasteiger partial charge in [0.05, 0.1) is 6.61 Å². The Morgan fingerprint density at radius 1 is 1.38 bits per heavy atom. The van der Waals surface area contributed by atoms with E-state index in [9.17, 15) is 4.79 Å². The first-order valence-corrected chi connectivity index (χ1v) is 5.03. The number of ether oxygens (including phenoxy) is 1. The third-order valence-corrected chi connectivity index (χ3v) is 2.20. The van der Waals surface area contributed by atoms with Crippen molar-refractivity contribution in [3.8, 4) is 0 Å². The Hall–Kier alpha value is -0.570. The van der Waals surface area contributed by atoms with E-state index in [1.807, 2.05) is 20.8 Å². The fraction of sp³-hybridized carbons (Fsp3) is 0.900. The quantitative estimate of drug-likeness (QED) is 0.643. The zero-order chi connectivity index (χ0) is 10.3. The minimum absolute atomic E-state index is 0.147. The molecular weight excluding hydrogens is 166 g/mol.